The predicted octanol–water partition coefficient (Wildman–Crippen LogP) is 0.404. The molecule has 0 aliphatic heterocycles. The van der Waals surface area contributed by atoms with E-state index < -0.39 is 0 Å². The molecule has 0 spiro atoms. The highest BCUT2D eigenvalue weighted by atomic mass is 16.5. The monoisotopic (exact) mass is 261 g/mol. The molecule has 0 fully saturated rings. The van der Waals surface area contributed by atoms with Gasteiger partial charge in [-0.25, -0.2) is 0 Å². The first kappa shape index (κ1) is 15.2. The number of methoxy groups -OCH3 is 1. The lowest BCUT2D eigenvalue weighted by molar-refractivity contribution is 0.0933. The maximum Gasteiger partial charge on any atom is 0.252 e. The number of nitrogens with one attached hydrogen (secondary N) is 1. The maximum absolute atomic E-state index is 12.1. The summed E-state index contributed by atoms with van der Waals surface area (Å²) < 4.78 is 5.02. The number of carbonyl (C=O) groups excluding carboxylic acids is 1. The Hall–Kier alpha value is -1.90. The molecule has 102 valence electrons. The molecule has 0 aliphatic carbocycles. The largest absolute Gasteiger partial charge is 0.384 e. The molecule has 1 aromatic heterocycles. The highest BCUT2D eigenvalue weighted by molar-refractivity contribution is 5.96. The summed E-state index contributed by atoms with van der Waals surface area (Å²) >= 11 is 0. The zero-order chi connectivity index (χ0) is 14.1. The number of nitrogens with zero attached hydrogens (tertiary/aromatic N) is 1. The fourth-order valence-electron chi connectivity index (χ4n) is 1.54. The quantitative estimate of drug-likeness (QED) is 0.752. The van der Waals surface area contributed by atoms with Gasteiger partial charge < -0.3 is 15.8 Å². The first-order chi connectivity index (χ1) is 9.19. The van der Waals surface area contributed by atoms with Crippen molar-refractivity contribution in [2.75, 3.05) is 26.8 Å². The lowest BCUT2D eigenvalue weighted by atomic mass is 10.1. The number of hydrogen-bond donors (Lipinski definition) is 2. The van der Waals surface area contributed by atoms with Gasteiger partial charge in [0.2, 0.25) is 0 Å². The molecule has 0 aliphatic rings. The number of carbonyl (C=O) groups is 1. The first-order valence-electron chi connectivity index (χ1n) is 6.09. The van der Waals surface area contributed by atoms with E-state index in [0.717, 1.165) is 0 Å². The van der Waals surface area contributed by atoms with E-state index >= 15 is 0 Å². The lowest BCUT2D eigenvalue weighted by Gasteiger charge is -2.12. The third-order valence-electron chi connectivity index (χ3n) is 2.45. The number of nitrogens with two attached hydrogens (primary N) is 1. The Morgan fingerprint density at radius 1 is 1.63 bits per heavy atom. The van der Waals surface area contributed by atoms with Crippen LogP contribution < -0.4 is 11.1 Å². The standard InChI is InChI=1S/C14H19N3O2/c1-11(10-19-2)8-17-14(18)13-5-7-16-9-12(13)4-3-6-15/h5,7,9,11H,6,8,10,15H2,1-2H3,(H,17,18). The second kappa shape index (κ2) is 8.25. The van der Waals surface area contributed by atoms with Crippen molar-refractivity contribution in [3.8, 4) is 11.8 Å². The van der Waals surface area contributed by atoms with E-state index in [2.05, 4.69) is 22.1 Å². The van der Waals surface area contributed by atoms with Crippen LogP contribution in [0, 0.1) is 17.8 Å². The van der Waals surface area contributed by atoms with Crippen molar-refractivity contribution in [1.82, 2.24) is 10.3 Å². The van der Waals surface area contributed by atoms with E-state index in [4.69, 9.17) is 10.5 Å². The van der Waals surface area contributed by atoms with Gasteiger partial charge in [-0.2, -0.15) is 0 Å². The third-order valence-corrected chi connectivity index (χ3v) is 2.45. The molecule has 0 radical (unpaired) electrons. The fourth-order valence-corrected chi connectivity index (χ4v) is 1.54. The Bertz CT molecular complexity index is 477. The number of hydrogen-bond acceptors (Lipinski definition) is 4. The van der Waals surface area contributed by atoms with E-state index in [1.54, 1.807) is 25.6 Å². The van der Waals surface area contributed by atoms with E-state index in [1.807, 2.05) is 6.92 Å². The second-order valence-corrected chi connectivity index (χ2v) is 4.20. The molecule has 5 nitrogen and oxygen atoms in total. The Labute approximate surface area is 113 Å². The van der Waals surface area contributed by atoms with Crippen molar-refractivity contribution in [2.45, 2.75) is 6.92 Å². The van der Waals surface area contributed by atoms with Crippen LogP contribution >= 0.6 is 0 Å². The number of amides is 1. The van der Waals surface area contributed by atoms with E-state index in [0.29, 0.717) is 24.3 Å². The Morgan fingerprint density at radius 2 is 2.42 bits per heavy atom. The van der Waals surface area contributed by atoms with E-state index in [-0.39, 0.29) is 18.4 Å². The topological polar surface area (TPSA) is 77.2 Å². The van der Waals surface area contributed by atoms with Crippen molar-refractivity contribution >= 4 is 5.91 Å². The third kappa shape index (κ3) is 5.08. The summed E-state index contributed by atoms with van der Waals surface area (Å²) in [5.74, 6) is 5.66. The van der Waals surface area contributed by atoms with Crippen molar-refractivity contribution < 1.29 is 9.53 Å². The fraction of sp³-hybridized carbons (Fsp3) is 0.429. The minimum absolute atomic E-state index is 0.160. The van der Waals surface area contributed by atoms with Gasteiger partial charge in [-0.3, -0.25) is 9.78 Å². The molecule has 3 N–H and O–H groups in total. The first-order valence-corrected chi connectivity index (χ1v) is 6.09. The van der Waals surface area contributed by atoms with Gasteiger partial charge in [-0.05, 0) is 12.0 Å². The van der Waals surface area contributed by atoms with Crippen LogP contribution in [0.4, 0.5) is 0 Å². The lowest BCUT2D eigenvalue weighted by Crippen LogP contribution is -2.30. The summed E-state index contributed by atoms with van der Waals surface area (Å²) in [6.07, 6.45) is 3.14. The second-order valence-electron chi connectivity index (χ2n) is 4.20. The minimum Gasteiger partial charge on any atom is -0.384 e. The summed E-state index contributed by atoms with van der Waals surface area (Å²) in [6, 6.07) is 1.65. The summed E-state index contributed by atoms with van der Waals surface area (Å²) in [5, 5.41) is 2.85. The Morgan fingerprint density at radius 3 is 3.11 bits per heavy atom. The van der Waals surface area contributed by atoms with Crippen LogP contribution in [0.3, 0.4) is 0 Å². The molecule has 1 aromatic rings. The number of ether oxygens (including phenoxy) is 1. The summed E-state index contributed by atoms with van der Waals surface area (Å²) in [4.78, 5) is 16.0. The molecule has 0 aromatic carbocycles. The minimum atomic E-state index is -0.160. The molecule has 0 bridgehead atoms. The van der Waals surface area contributed by atoms with Gasteiger partial charge in [0.1, 0.15) is 0 Å². The van der Waals surface area contributed by atoms with Crippen molar-refractivity contribution in [1.29, 1.82) is 0 Å². The molecule has 0 saturated carbocycles. The zero-order valence-electron chi connectivity index (χ0n) is 11.3. The van der Waals surface area contributed by atoms with Gasteiger partial charge in [0.15, 0.2) is 0 Å². The van der Waals surface area contributed by atoms with Gasteiger partial charge in [0, 0.05) is 26.0 Å². The van der Waals surface area contributed by atoms with Crippen LogP contribution in [-0.4, -0.2) is 37.7 Å². The number of pyridine rings is 1. The van der Waals surface area contributed by atoms with Crippen LogP contribution in [0.2, 0.25) is 0 Å². The molecule has 0 saturated heterocycles. The molecule has 19 heavy (non-hydrogen) atoms. The number of aromatic nitrogens is 1. The highest BCUT2D eigenvalue weighted by Gasteiger charge is 2.11. The molecule has 1 unspecified atom stereocenters. The SMILES string of the molecule is COCC(C)CNC(=O)c1ccncc1C#CCN. The predicted molar refractivity (Wildman–Crippen MR) is 73.5 cm³/mol. The van der Waals surface area contributed by atoms with Crippen molar-refractivity contribution in [2.24, 2.45) is 11.7 Å². The molecule has 1 rings (SSSR count). The maximum atomic E-state index is 12.1. The number of rotatable bonds is 5. The van der Waals surface area contributed by atoms with Gasteiger partial charge >= 0.3 is 0 Å². The average molecular weight is 261 g/mol. The molecular weight excluding hydrogens is 242 g/mol. The summed E-state index contributed by atoms with van der Waals surface area (Å²) in [6.45, 7) is 3.42. The molecular formula is C14H19N3O2. The van der Waals surface area contributed by atoms with Crippen molar-refractivity contribution in [3.63, 3.8) is 0 Å². The summed E-state index contributed by atoms with van der Waals surface area (Å²) in [7, 11) is 1.64. The highest BCUT2D eigenvalue weighted by Crippen LogP contribution is 2.05. The van der Waals surface area contributed by atoms with Crippen LogP contribution in [0.25, 0.3) is 0 Å². The van der Waals surface area contributed by atoms with E-state index in [1.165, 1.54) is 0 Å². The Balaban J connectivity index is 2.71. The van der Waals surface area contributed by atoms with Crippen LogP contribution in [0.1, 0.15) is 22.8 Å². The average Bonchev–Trinajstić information content (AvgIpc) is 2.43. The summed E-state index contributed by atoms with van der Waals surface area (Å²) in [5.41, 5.74) is 6.43. The normalized spacial score (nSPS) is 11.3. The molecule has 1 atom stereocenters. The smallest absolute Gasteiger partial charge is 0.252 e. The molecule has 1 heterocycles. The van der Waals surface area contributed by atoms with Gasteiger partial charge in [0.25, 0.3) is 5.91 Å². The Kier molecular flexibility index (Phi) is 6.58. The van der Waals surface area contributed by atoms with Gasteiger partial charge in [-0.15, -0.1) is 0 Å². The van der Waals surface area contributed by atoms with Crippen LogP contribution in [0.5, 0.6) is 0 Å². The molecule has 1 amide bonds. The van der Waals surface area contributed by atoms with Crippen LogP contribution in [0.15, 0.2) is 18.5 Å². The zero-order valence-corrected chi connectivity index (χ0v) is 11.3. The van der Waals surface area contributed by atoms with E-state index in [9.17, 15) is 4.79 Å². The van der Waals surface area contributed by atoms with Crippen LogP contribution in [-0.2, 0) is 4.74 Å². The van der Waals surface area contributed by atoms with Gasteiger partial charge in [-0.1, -0.05) is 18.8 Å². The molecule has 5 heteroatoms. The van der Waals surface area contributed by atoms with Crippen molar-refractivity contribution in [3.05, 3.63) is 29.6 Å². The van der Waals surface area contributed by atoms with Gasteiger partial charge in [0.05, 0.1) is 24.3 Å².